The van der Waals surface area contributed by atoms with Crippen LogP contribution in [0.25, 0.3) is 20.9 Å². The third-order valence-corrected chi connectivity index (χ3v) is 15.5. The minimum atomic E-state index is -0.855. The number of hydrogen-bond donors (Lipinski definition) is 3. The Labute approximate surface area is 448 Å². The Kier molecular flexibility index (Phi) is 16.3. The van der Waals surface area contributed by atoms with Crippen molar-refractivity contribution in [3.8, 4) is 0 Å². The van der Waals surface area contributed by atoms with Crippen molar-refractivity contribution >= 4 is 55.5 Å². The van der Waals surface area contributed by atoms with E-state index in [0.717, 1.165) is 20.1 Å². The first-order valence-electron chi connectivity index (χ1n) is 24.5. The van der Waals surface area contributed by atoms with E-state index in [9.17, 15) is 29.4 Å². The fourth-order valence-corrected chi connectivity index (χ4v) is 11.7. The molecule has 21 nitrogen and oxygen atoms in total. The van der Waals surface area contributed by atoms with Crippen LogP contribution in [0.1, 0.15) is 92.1 Å². The van der Waals surface area contributed by atoms with Gasteiger partial charge in [0.15, 0.2) is 17.9 Å². The van der Waals surface area contributed by atoms with E-state index in [1.807, 2.05) is 62.4 Å². The molecule has 0 bridgehead atoms. The van der Waals surface area contributed by atoms with Gasteiger partial charge in [-0.1, -0.05) is 90.6 Å². The van der Waals surface area contributed by atoms with Crippen molar-refractivity contribution in [3.63, 3.8) is 0 Å². The average Bonchev–Trinajstić information content (AvgIpc) is 4.13. The number of likely N-dealkylation sites (tertiary alicyclic amines) is 1. The molecule has 4 aromatic rings. The second kappa shape index (κ2) is 22.5. The van der Waals surface area contributed by atoms with Crippen molar-refractivity contribution < 1.29 is 53.1 Å². The molecule has 11 rings (SSSR count). The molecule has 23 heteroatoms. The number of imide groups is 2. The largest absolute Gasteiger partial charge is 0.394 e. The number of nitrogens with zero attached hydrogens (tertiary/aromatic N) is 9. The second-order valence-corrected chi connectivity index (χ2v) is 21.8. The number of ether oxygens (including phenoxy) is 5. The number of benzene rings is 4. The van der Waals surface area contributed by atoms with Crippen LogP contribution in [0.5, 0.6) is 0 Å². The van der Waals surface area contributed by atoms with Crippen LogP contribution in [0.4, 0.5) is 0 Å². The topological polar surface area (TPSA) is 274 Å². The SMILES string of the molecule is CC1(C)O[C@@H](CN2[C@H](CN3C(=O)c4ccccc4C3=O)[C@H](c3ccc(Br)cc3)[C@@H]2CN=[N+]=[N-])[C@@H](CO)O1.CC1(C)O[C@@H]2COC(O)[C@@H]2O1.[N-]=[N+]=NC[C@@H]1N[C@H](CN2C(=O)c3ccccc3C2=O)[C@@H]1c1ccc(Br)cc1. The summed E-state index contributed by atoms with van der Waals surface area (Å²) in [5, 5.41) is 30.0. The fraction of sp³-hybridized carbons (Fsp3) is 0.462. The molecule has 7 aliphatic heterocycles. The highest BCUT2D eigenvalue weighted by atomic mass is 79.9. The predicted octanol–water partition coefficient (Wildman–Crippen LogP) is 7.04. The number of carbonyl (C=O) groups excluding carboxylic acids is 4. The van der Waals surface area contributed by atoms with Crippen molar-refractivity contribution in [1.82, 2.24) is 20.0 Å². The molecule has 4 amide bonds. The van der Waals surface area contributed by atoms with Gasteiger partial charge in [-0.25, -0.2) is 0 Å². The second-order valence-electron chi connectivity index (χ2n) is 20.0. The maximum Gasteiger partial charge on any atom is 0.261 e. The number of aliphatic hydroxyl groups is 2. The highest BCUT2D eigenvalue weighted by molar-refractivity contribution is 9.10. The first-order valence-corrected chi connectivity index (χ1v) is 26.1. The Bertz CT molecular complexity index is 2830. The lowest BCUT2D eigenvalue weighted by Crippen LogP contribution is -2.68. The minimum absolute atomic E-state index is 0.0257. The van der Waals surface area contributed by atoms with E-state index >= 15 is 0 Å². The summed E-state index contributed by atoms with van der Waals surface area (Å²) in [6.45, 7) is 8.82. The molecule has 1 unspecified atom stereocenters. The number of aliphatic hydroxyl groups excluding tert-OH is 2. The molecule has 7 heterocycles. The van der Waals surface area contributed by atoms with Gasteiger partial charge in [0.1, 0.15) is 24.4 Å². The van der Waals surface area contributed by atoms with Crippen LogP contribution in [0.3, 0.4) is 0 Å². The van der Waals surface area contributed by atoms with Crippen LogP contribution in [0.15, 0.2) is 116 Å². The van der Waals surface area contributed by atoms with Crippen molar-refractivity contribution in [2.45, 2.75) is 106 Å². The summed E-state index contributed by atoms with van der Waals surface area (Å²) in [4.78, 5) is 62.2. The van der Waals surface area contributed by atoms with Gasteiger partial charge in [-0.3, -0.25) is 33.9 Å². The molecule has 0 radical (unpaired) electrons. The van der Waals surface area contributed by atoms with Crippen LogP contribution in [0, 0.1) is 0 Å². The van der Waals surface area contributed by atoms with Gasteiger partial charge >= 0.3 is 0 Å². The molecule has 5 saturated heterocycles. The zero-order valence-corrected chi connectivity index (χ0v) is 44.6. The van der Waals surface area contributed by atoms with E-state index in [4.69, 9.17) is 34.7 Å². The quantitative estimate of drug-likeness (QED) is 0.0525. The lowest BCUT2D eigenvalue weighted by Gasteiger charge is -2.56. The molecule has 394 valence electrons. The lowest BCUT2D eigenvalue weighted by atomic mass is 9.74. The maximum atomic E-state index is 13.2. The zero-order valence-electron chi connectivity index (χ0n) is 41.4. The smallest absolute Gasteiger partial charge is 0.261 e. The Morgan fingerprint density at radius 2 is 1.11 bits per heavy atom. The summed E-state index contributed by atoms with van der Waals surface area (Å²) >= 11 is 6.91. The van der Waals surface area contributed by atoms with E-state index in [1.54, 1.807) is 62.4 Å². The van der Waals surface area contributed by atoms with Gasteiger partial charge in [0.25, 0.3) is 23.6 Å². The number of rotatable bonds is 13. The minimum Gasteiger partial charge on any atom is -0.394 e. The molecular formula is C52H56Br2N10O11. The number of nitrogens with one attached hydrogen (secondary N) is 1. The fourth-order valence-electron chi connectivity index (χ4n) is 11.2. The van der Waals surface area contributed by atoms with Crippen molar-refractivity contribution in [2.75, 3.05) is 45.9 Å². The number of carbonyl (C=O) groups is 4. The van der Waals surface area contributed by atoms with E-state index < -0.39 is 30.1 Å². The van der Waals surface area contributed by atoms with Crippen LogP contribution >= 0.6 is 31.9 Å². The van der Waals surface area contributed by atoms with E-state index in [2.05, 4.69) is 62.1 Å². The van der Waals surface area contributed by atoms with Gasteiger partial charge in [-0.2, -0.15) is 0 Å². The first kappa shape index (κ1) is 54.2. The molecule has 3 N–H and O–H groups in total. The molecule has 5 fully saturated rings. The van der Waals surface area contributed by atoms with Gasteiger partial charge in [-0.15, -0.1) is 0 Å². The van der Waals surface area contributed by atoms with Crippen LogP contribution in [-0.2, 0) is 23.7 Å². The summed E-state index contributed by atoms with van der Waals surface area (Å²) in [5.74, 6) is -2.63. The number of halogens is 2. The normalized spacial score (nSPS) is 29.6. The highest BCUT2D eigenvalue weighted by Crippen LogP contribution is 2.44. The van der Waals surface area contributed by atoms with Crippen molar-refractivity contribution in [3.05, 3.63) is 160 Å². The van der Waals surface area contributed by atoms with Gasteiger partial charge in [0.05, 0.1) is 35.5 Å². The summed E-state index contributed by atoms with van der Waals surface area (Å²) in [6, 6.07) is 29.0. The standard InChI is InChI=1S/C26H28BrN5O5.C19H16BrN5O2.C7H12O4/c1-26(2)36-21(22(14-33)37-26)13-31-19(11-29-30-28)23(15-7-9-16(27)10-8-15)20(31)12-32-24(34)17-5-3-4-6-18(17)25(32)35;20-12-7-5-11(6-8-12)17-15(9-22-24-21)23-16(17)10-25-18(26)13-3-1-2-4-14(13)19(25)27;1-7(2)10-4-3-9-6(8)5(4)11-7/h3-10,19-23,33H,11-14H2,1-2H3;1-8,15-17,23H,9-10H2;4-6,8H,3H2,1-2H3/t19-,20+,21-,22+,23+;15-,16+,17+;4-,5-,6?/m001/s1. The third kappa shape index (κ3) is 11.3. The Balaban J connectivity index is 0.000000157. The van der Waals surface area contributed by atoms with Crippen molar-refractivity contribution in [2.24, 2.45) is 10.2 Å². The Hall–Kier alpha value is -5.62. The van der Waals surface area contributed by atoms with E-state index in [0.29, 0.717) is 42.0 Å². The summed E-state index contributed by atoms with van der Waals surface area (Å²) in [6.07, 6.45) is -2.18. The summed E-state index contributed by atoms with van der Waals surface area (Å²) in [5.41, 5.74) is 21.5. The van der Waals surface area contributed by atoms with E-state index in [1.165, 1.54) is 9.80 Å². The maximum absolute atomic E-state index is 13.2. The molecule has 11 atom stereocenters. The Morgan fingerprint density at radius 3 is 1.61 bits per heavy atom. The number of azide groups is 2. The molecule has 0 aliphatic carbocycles. The van der Waals surface area contributed by atoms with Gasteiger partial charge in [0.2, 0.25) is 0 Å². The summed E-state index contributed by atoms with van der Waals surface area (Å²) in [7, 11) is 0. The predicted molar refractivity (Wildman–Crippen MR) is 277 cm³/mol. The zero-order chi connectivity index (χ0) is 53.3. The number of amides is 4. The molecule has 7 aliphatic rings. The molecule has 4 aromatic carbocycles. The number of hydrogen-bond acceptors (Lipinski definition) is 15. The molecular weight excluding hydrogens is 1100 g/mol. The molecule has 0 saturated carbocycles. The lowest BCUT2D eigenvalue weighted by molar-refractivity contribution is -0.205. The summed E-state index contributed by atoms with van der Waals surface area (Å²) < 4.78 is 29.6. The van der Waals surface area contributed by atoms with Gasteiger partial charge in [0, 0.05) is 87.5 Å². The highest BCUT2D eigenvalue weighted by Gasteiger charge is 2.54. The monoisotopic (exact) mass is 1150 g/mol. The Morgan fingerprint density at radius 1 is 0.627 bits per heavy atom. The van der Waals surface area contributed by atoms with Gasteiger partial charge < -0.3 is 39.2 Å². The van der Waals surface area contributed by atoms with Crippen LogP contribution in [-0.4, -0.2) is 161 Å². The van der Waals surface area contributed by atoms with Gasteiger partial charge in [-0.05, 0) is 98.4 Å². The molecule has 0 aromatic heterocycles. The van der Waals surface area contributed by atoms with Crippen LogP contribution in [0.2, 0.25) is 0 Å². The third-order valence-electron chi connectivity index (χ3n) is 14.5. The average molecular weight is 1160 g/mol. The van der Waals surface area contributed by atoms with Crippen LogP contribution < -0.4 is 5.32 Å². The molecule has 75 heavy (non-hydrogen) atoms. The van der Waals surface area contributed by atoms with E-state index in [-0.39, 0.29) is 98.1 Å². The molecule has 0 spiro atoms. The first-order chi connectivity index (χ1) is 35.9. The number of fused-ring (bicyclic) bond motifs is 3. The van der Waals surface area contributed by atoms with Crippen molar-refractivity contribution in [1.29, 1.82) is 0 Å².